The number of likely N-dealkylation sites (tertiary alicyclic amines) is 1. The Bertz CT molecular complexity index is 1060. The third-order valence-electron chi connectivity index (χ3n) is 6.39. The molecule has 1 atom stereocenters. The number of carbonyl (C=O) groups is 2. The minimum atomic E-state index is -0.274. The summed E-state index contributed by atoms with van der Waals surface area (Å²) in [5.74, 6) is 2.10. The molecule has 0 saturated carbocycles. The van der Waals surface area contributed by atoms with Gasteiger partial charge in [-0.25, -0.2) is 0 Å². The summed E-state index contributed by atoms with van der Waals surface area (Å²) in [5.41, 5.74) is 6.97. The van der Waals surface area contributed by atoms with Crippen molar-refractivity contribution in [1.82, 2.24) is 4.90 Å². The Morgan fingerprint density at radius 2 is 2.03 bits per heavy atom. The van der Waals surface area contributed by atoms with E-state index in [2.05, 4.69) is 11.5 Å². The highest BCUT2D eigenvalue weighted by atomic mass is 16.7. The number of hydrogen-bond donors (Lipinski definition) is 1. The van der Waals surface area contributed by atoms with E-state index in [9.17, 15) is 9.59 Å². The van der Waals surface area contributed by atoms with Crippen LogP contribution in [-0.4, -0.2) is 49.7 Å². The Balaban J connectivity index is 1.53. The van der Waals surface area contributed by atoms with E-state index in [1.165, 1.54) is 0 Å². The standard InChI is InChI=1S/C27H33N3O5/c1-2-14-33-23-8-4-3-7-21(23)17-30(22-10-11-24-25(15-22)35-19-34-24)27(32)18-29-13-5-6-20(16-29)9-12-26(28)31/h2-4,7-8,10-11,15,20H,1,5-6,9,12-14,16-19H2,(H2,28,31). The third kappa shape index (κ3) is 6.54. The molecular formula is C27H33N3O5. The smallest absolute Gasteiger partial charge is 0.241 e. The maximum Gasteiger partial charge on any atom is 0.241 e. The van der Waals surface area contributed by atoms with Crippen LogP contribution in [0.15, 0.2) is 55.1 Å². The predicted molar refractivity (Wildman–Crippen MR) is 133 cm³/mol. The van der Waals surface area contributed by atoms with Crippen LogP contribution in [-0.2, 0) is 16.1 Å². The number of nitrogens with zero attached hydrogens (tertiary/aromatic N) is 2. The quantitative estimate of drug-likeness (QED) is 0.496. The number of nitrogens with two attached hydrogens (primary N) is 1. The van der Waals surface area contributed by atoms with Crippen LogP contribution in [0.5, 0.6) is 17.2 Å². The third-order valence-corrected chi connectivity index (χ3v) is 6.39. The van der Waals surface area contributed by atoms with Crippen LogP contribution < -0.4 is 24.8 Å². The van der Waals surface area contributed by atoms with Crippen LogP contribution in [0.1, 0.15) is 31.2 Å². The van der Waals surface area contributed by atoms with Crippen molar-refractivity contribution < 1.29 is 23.8 Å². The van der Waals surface area contributed by atoms with Gasteiger partial charge in [-0.1, -0.05) is 30.9 Å². The molecule has 2 aliphatic rings. The number of fused-ring (bicyclic) bond motifs is 1. The molecule has 0 radical (unpaired) electrons. The maximum absolute atomic E-state index is 13.7. The van der Waals surface area contributed by atoms with Crippen molar-refractivity contribution in [3.05, 3.63) is 60.7 Å². The predicted octanol–water partition coefficient (Wildman–Crippen LogP) is 3.49. The Morgan fingerprint density at radius 1 is 1.20 bits per heavy atom. The van der Waals surface area contributed by atoms with Crippen molar-refractivity contribution in [2.75, 3.05) is 37.9 Å². The SMILES string of the molecule is C=CCOc1ccccc1CN(C(=O)CN1CCCC(CCC(N)=O)C1)c1ccc2c(c1)OCO2. The van der Waals surface area contributed by atoms with E-state index in [0.717, 1.165) is 49.4 Å². The summed E-state index contributed by atoms with van der Waals surface area (Å²) in [7, 11) is 0. The molecule has 8 nitrogen and oxygen atoms in total. The van der Waals surface area contributed by atoms with Crippen LogP contribution in [0.3, 0.4) is 0 Å². The largest absolute Gasteiger partial charge is 0.489 e. The van der Waals surface area contributed by atoms with E-state index >= 15 is 0 Å². The van der Waals surface area contributed by atoms with Crippen molar-refractivity contribution in [3.8, 4) is 17.2 Å². The zero-order chi connectivity index (χ0) is 24.6. The molecule has 2 heterocycles. The van der Waals surface area contributed by atoms with Crippen LogP contribution >= 0.6 is 0 Å². The molecule has 4 rings (SSSR count). The van der Waals surface area contributed by atoms with Crippen molar-refractivity contribution >= 4 is 17.5 Å². The molecule has 1 saturated heterocycles. The maximum atomic E-state index is 13.7. The summed E-state index contributed by atoms with van der Waals surface area (Å²) in [6.45, 7) is 6.56. The average Bonchev–Trinajstić information content (AvgIpc) is 3.33. The van der Waals surface area contributed by atoms with Crippen molar-refractivity contribution in [1.29, 1.82) is 0 Å². The van der Waals surface area contributed by atoms with E-state index in [0.29, 0.717) is 37.0 Å². The molecule has 2 aromatic rings. The molecule has 2 amide bonds. The summed E-state index contributed by atoms with van der Waals surface area (Å²) >= 11 is 0. The van der Waals surface area contributed by atoms with Gasteiger partial charge in [-0.05, 0) is 49.9 Å². The number of rotatable bonds is 11. The first-order valence-electron chi connectivity index (χ1n) is 12.1. The number of para-hydroxylation sites is 1. The van der Waals surface area contributed by atoms with Gasteiger partial charge in [0.25, 0.3) is 0 Å². The molecule has 8 heteroatoms. The topological polar surface area (TPSA) is 94.3 Å². The minimum absolute atomic E-state index is 0.0158. The molecule has 2 N–H and O–H groups in total. The highest BCUT2D eigenvalue weighted by Crippen LogP contribution is 2.36. The molecule has 0 spiro atoms. The van der Waals surface area contributed by atoms with Crippen molar-refractivity contribution in [3.63, 3.8) is 0 Å². The zero-order valence-corrected chi connectivity index (χ0v) is 20.0. The monoisotopic (exact) mass is 479 g/mol. The number of primary amides is 1. The lowest BCUT2D eigenvalue weighted by Crippen LogP contribution is -2.44. The normalized spacial score (nSPS) is 17.1. The molecule has 0 aromatic heterocycles. The van der Waals surface area contributed by atoms with Gasteiger partial charge in [0.2, 0.25) is 18.6 Å². The van der Waals surface area contributed by atoms with Gasteiger partial charge in [-0.15, -0.1) is 0 Å². The van der Waals surface area contributed by atoms with Gasteiger partial charge < -0.3 is 24.8 Å². The van der Waals surface area contributed by atoms with E-state index < -0.39 is 0 Å². The second-order valence-corrected chi connectivity index (χ2v) is 8.97. The van der Waals surface area contributed by atoms with E-state index in [4.69, 9.17) is 19.9 Å². The van der Waals surface area contributed by atoms with Crippen LogP contribution in [0, 0.1) is 5.92 Å². The fraction of sp³-hybridized carbons (Fsp3) is 0.407. The second-order valence-electron chi connectivity index (χ2n) is 8.97. The lowest BCUT2D eigenvalue weighted by molar-refractivity contribution is -0.121. The first-order valence-corrected chi connectivity index (χ1v) is 12.1. The van der Waals surface area contributed by atoms with Gasteiger partial charge in [0.15, 0.2) is 11.5 Å². The second kappa shape index (κ2) is 11.8. The molecule has 0 bridgehead atoms. The number of hydrogen-bond acceptors (Lipinski definition) is 6. The number of piperidine rings is 1. The Hall–Kier alpha value is -3.52. The van der Waals surface area contributed by atoms with E-state index in [1.807, 2.05) is 42.5 Å². The Morgan fingerprint density at radius 3 is 2.86 bits per heavy atom. The molecule has 1 unspecified atom stereocenters. The zero-order valence-electron chi connectivity index (χ0n) is 20.0. The van der Waals surface area contributed by atoms with Crippen LogP contribution in [0.4, 0.5) is 5.69 Å². The number of carbonyl (C=O) groups excluding carboxylic acids is 2. The van der Waals surface area contributed by atoms with Gasteiger partial charge in [0.05, 0.1) is 13.1 Å². The molecular weight excluding hydrogens is 446 g/mol. The average molecular weight is 480 g/mol. The molecule has 35 heavy (non-hydrogen) atoms. The summed E-state index contributed by atoms with van der Waals surface area (Å²) < 4.78 is 16.9. The van der Waals surface area contributed by atoms with Crippen LogP contribution in [0.25, 0.3) is 0 Å². The Labute approximate surface area is 206 Å². The van der Waals surface area contributed by atoms with Gasteiger partial charge in [-0.2, -0.15) is 0 Å². The molecule has 1 fully saturated rings. The number of anilines is 1. The fourth-order valence-electron chi connectivity index (χ4n) is 4.62. The molecule has 186 valence electrons. The van der Waals surface area contributed by atoms with Gasteiger partial charge in [0, 0.05) is 30.3 Å². The summed E-state index contributed by atoms with van der Waals surface area (Å²) in [5, 5.41) is 0. The lowest BCUT2D eigenvalue weighted by atomic mass is 9.93. The molecule has 2 aliphatic heterocycles. The van der Waals surface area contributed by atoms with Gasteiger partial charge in [0.1, 0.15) is 12.4 Å². The lowest BCUT2D eigenvalue weighted by Gasteiger charge is -2.34. The number of ether oxygens (including phenoxy) is 3. The Kier molecular flexibility index (Phi) is 8.26. The fourth-order valence-corrected chi connectivity index (χ4v) is 4.62. The molecule has 0 aliphatic carbocycles. The highest BCUT2D eigenvalue weighted by Gasteiger charge is 2.26. The summed E-state index contributed by atoms with van der Waals surface area (Å²) in [4.78, 5) is 28.9. The summed E-state index contributed by atoms with van der Waals surface area (Å²) in [6, 6.07) is 13.3. The van der Waals surface area contributed by atoms with Gasteiger partial charge in [-0.3, -0.25) is 14.5 Å². The van der Waals surface area contributed by atoms with Crippen molar-refractivity contribution in [2.24, 2.45) is 11.7 Å². The van der Waals surface area contributed by atoms with Gasteiger partial charge >= 0.3 is 0 Å². The minimum Gasteiger partial charge on any atom is -0.489 e. The summed E-state index contributed by atoms with van der Waals surface area (Å²) in [6.07, 6.45) is 4.90. The van der Waals surface area contributed by atoms with E-state index in [-0.39, 0.29) is 25.2 Å². The number of benzene rings is 2. The molecule has 2 aromatic carbocycles. The number of amides is 2. The first kappa shape index (κ1) is 24.6. The first-order chi connectivity index (χ1) is 17.0. The van der Waals surface area contributed by atoms with Crippen LogP contribution in [0.2, 0.25) is 0 Å². The highest BCUT2D eigenvalue weighted by molar-refractivity contribution is 5.95. The van der Waals surface area contributed by atoms with Crippen molar-refractivity contribution in [2.45, 2.75) is 32.2 Å². The van der Waals surface area contributed by atoms with E-state index in [1.54, 1.807) is 11.0 Å².